The van der Waals surface area contributed by atoms with Crippen molar-refractivity contribution in [2.75, 3.05) is 17.2 Å². The highest BCUT2D eigenvalue weighted by atomic mass is 16.2. The van der Waals surface area contributed by atoms with E-state index in [-0.39, 0.29) is 12.3 Å². The number of aliphatic hydroxyl groups excluding tert-OH is 1. The smallest absolute Gasteiger partial charge is 0.131 e. The topological polar surface area (TPSA) is 44.3 Å². The van der Waals surface area contributed by atoms with Gasteiger partial charge in [0.2, 0.25) is 0 Å². The normalized spacial score (nSPS) is 15.3. The molecule has 3 heteroatoms. The third kappa shape index (κ3) is 2.37. The van der Waals surface area contributed by atoms with Gasteiger partial charge in [0.15, 0.2) is 0 Å². The number of nitrogens with one attached hydrogen (secondary N) is 2. The lowest BCUT2D eigenvalue weighted by Crippen LogP contribution is -2.34. The van der Waals surface area contributed by atoms with Crippen LogP contribution in [-0.4, -0.2) is 11.7 Å². The van der Waals surface area contributed by atoms with Crippen molar-refractivity contribution in [3.05, 3.63) is 59.7 Å². The van der Waals surface area contributed by atoms with E-state index in [1.807, 2.05) is 12.1 Å². The molecule has 0 saturated heterocycles. The van der Waals surface area contributed by atoms with Crippen molar-refractivity contribution in [3.63, 3.8) is 0 Å². The molecule has 0 saturated carbocycles. The Balaban J connectivity index is 1.80. The molecule has 0 atom stereocenters. The van der Waals surface area contributed by atoms with E-state index in [1.165, 1.54) is 11.1 Å². The third-order valence-corrected chi connectivity index (χ3v) is 3.85. The molecule has 0 fully saturated rings. The molecule has 0 spiro atoms. The van der Waals surface area contributed by atoms with E-state index in [0.717, 1.165) is 24.2 Å². The number of fused-ring (bicyclic) bond motifs is 1. The number of rotatable bonds is 4. The Bertz CT molecular complexity index is 567. The van der Waals surface area contributed by atoms with Gasteiger partial charge in [0.25, 0.3) is 0 Å². The largest absolute Gasteiger partial charge is 0.396 e. The monoisotopic (exact) mass is 268 g/mol. The molecule has 0 bridgehead atoms. The van der Waals surface area contributed by atoms with Crippen LogP contribution in [0.15, 0.2) is 48.5 Å². The predicted octanol–water partition coefficient (Wildman–Crippen LogP) is 3.32. The molecule has 1 heterocycles. The fourth-order valence-corrected chi connectivity index (χ4v) is 2.70. The first kappa shape index (κ1) is 13.0. The van der Waals surface area contributed by atoms with Gasteiger partial charge >= 0.3 is 0 Å². The summed E-state index contributed by atoms with van der Waals surface area (Å²) in [6, 6.07) is 16.8. The number of hydrogen-bond acceptors (Lipinski definition) is 3. The zero-order valence-electron chi connectivity index (χ0n) is 11.7. The van der Waals surface area contributed by atoms with Gasteiger partial charge in [-0.05, 0) is 43.0 Å². The molecule has 0 aromatic heterocycles. The first-order valence-electron chi connectivity index (χ1n) is 7.07. The van der Waals surface area contributed by atoms with Crippen LogP contribution in [-0.2, 0) is 12.1 Å². The number of benzene rings is 2. The van der Waals surface area contributed by atoms with Crippen molar-refractivity contribution >= 4 is 11.4 Å². The van der Waals surface area contributed by atoms with E-state index in [0.29, 0.717) is 0 Å². The van der Waals surface area contributed by atoms with Crippen molar-refractivity contribution in [2.45, 2.75) is 25.4 Å². The Labute approximate surface area is 119 Å². The minimum atomic E-state index is -0.265. The fraction of sp³-hybridized carbons (Fsp3) is 0.294. The van der Waals surface area contributed by atoms with Gasteiger partial charge in [0.05, 0.1) is 11.4 Å². The van der Waals surface area contributed by atoms with E-state index in [9.17, 15) is 0 Å². The maximum atomic E-state index is 8.88. The van der Waals surface area contributed by atoms with Crippen LogP contribution < -0.4 is 10.6 Å². The lowest BCUT2D eigenvalue weighted by atomic mass is 9.99. The van der Waals surface area contributed by atoms with Gasteiger partial charge < -0.3 is 15.7 Å². The molecule has 0 amide bonds. The van der Waals surface area contributed by atoms with Gasteiger partial charge in [-0.15, -0.1) is 0 Å². The summed E-state index contributed by atoms with van der Waals surface area (Å²) in [7, 11) is 0. The second-order valence-corrected chi connectivity index (χ2v) is 5.44. The Morgan fingerprint density at radius 3 is 2.10 bits per heavy atom. The summed E-state index contributed by atoms with van der Waals surface area (Å²) in [6.45, 7) is 2.40. The molecule has 2 aromatic carbocycles. The lowest BCUT2D eigenvalue weighted by Gasteiger charge is -2.27. The molecule has 104 valence electrons. The highest BCUT2D eigenvalue weighted by Gasteiger charge is 2.32. The minimum absolute atomic E-state index is 0.248. The van der Waals surface area contributed by atoms with Crippen LogP contribution in [0, 0.1) is 0 Å². The molecule has 3 rings (SSSR count). The summed E-state index contributed by atoms with van der Waals surface area (Å²) in [5.74, 6) is 0. The molecule has 0 aliphatic carbocycles. The number of anilines is 2. The second kappa shape index (κ2) is 5.17. The third-order valence-electron chi connectivity index (χ3n) is 3.85. The van der Waals surface area contributed by atoms with E-state index >= 15 is 0 Å². The summed E-state index contributed by atoms with van der Waals surface area (Å²) in [6.07, 6.45) is 1.74. The molecule has 3 N–H and O–H groups in total. The van der Waals surface area contributed by atoms with Gasteiger partial charge in [-0.25, -0.2) is 0 Å². The SMILES string of the molecule is CC1(c2ccc(CCCO)cc2)Nc2ccccc2N1. The molecule has 20 heavy (non-hydrogen) atoms. The van der Waals surface area contributed by atoms with Gasteiger partial charge in [0, 0.05) is 6.61 Å². The van der Waals surface area contributed by atoms with Crippen LogP contribution in [0.5, 0.6) is 0 Å². The van der Waals surface area contributed by atoms with Gasteiger partial charge in [-0.1, -0.05) is 36.4 Å². The number of para-hydroxylation sites is 2. The van der Waals surface area contributed by atoms with Crippen molar-refractivity contribution in [1.29, 1.82) is 0 Å². The number of aliphatic hydroxyl groups is 1. The molecule has 3 nitrogen and oxygen atoms in total. The van der Waals surface area contributed by atoms with Crippen molar-refractivity contribution in [3.8, 4) is 0 Å². The average Bonchev–Trinajstić information content (AvgIpc) is 2.83. The summed E-state index contributed by atoms with van der Waals surface area (Å²) in [5, 5.41) is 16.0. The van der Waals surface area contributed by atoms with Gasteiger partial charge in [-0.2, -0.15) is 0 Å². The first-order chi connectivity index (χ1) is 9.71. The van der Waals surface area contributed by atoms with Gasteiger partial charge in [0.1, 0.15) is 5.66 Å². The Hall–Kier alpha value is -2.00. The zero-order chi connectivity index (χ0) is 14.0. The van der Waals surface area contributed by atoms with Crippen LogP contribution in [0.4, 0.5) is 11.4 Å². The standard InChI is InChI=1S/C17H20N2O/c1-17(18-15-6-2-3-7-16(15)19-17)14-10-8-13(9-11-14)5-4-12-20/h2-3,6-11,18-20H,4-5,12H2,1H3. The maximum Gasteiger partial charge on any atom is 0.131 e. The molecule has 2 aromatic rings. The van der Waals surface area contributed by atoms with Crippen LogP contribution >= 0.6 is 0 Å². The molecule has 0 radical (unpaired) electrons. The Morgan fingerprint density at radius 2 is 1.55 bits per heavy atom. The minimum Gasteiger partial charge on any atom is -0.396 e. The molecule has 1 aliphatic heterocycles. The molecule has 1 aliphatic rings. The summed E-state index contributed by atoms with van der Waals surface area (Å²) in [4.78, 5) is 0. The van der Waals surface area contributed by atoms with Crippen LogP contribution in [0.1, 0.15) is 24.5 Å². The van der Waals surface area contributed by atoms with E-state index < -0.39 is 0 Å². The average molecular weight is 268 g/mol. The van der Waals surface area contributed by atoms with Crippen LogP contribution in [0.2, 0.25) is 0 Å². The summed E-state index contributed by atoms with van der Waals surface area (Å²) >= 11 is 0. The highest BCUT2D eigenvalue weighted by Crippen LogP contribution is 2.38. The Kier molecular flexibility index (Phi) is 3.36. The van der Waals surface area contributed by atoms with E-state index in [4.69, 9.17) is 5.11 Å². The van der Waals surface area contributed by atoms with Crippen molar-refractivity contribution in [2.24, 2.45) is 0 Å². The fourth-order valence-electron chi connectivity index (χ4n) is 2.70. The molecular formula is C17H20N2O. The molecule has 0 unspecified atom stereocenters. The van der Waals surface area contributed by atoms with Crippen LogP contribution in [0.3, 0.4) is 0 Å². The number of hydrogen-bond donors (Lipinski definition) is 3. The first-order valence-corrected chi connectivity index (χ1v) is 7.07. The Morgan fingerprint density at radius 1 is 0.950 bits per heavy atom. The number of aryl methyl sites for hydroxylation is 1. The zero-order valence-corrected chi connectivity index (χ0v) is 11.7. The van der Waals surface area contributed by atoms with E-state index in [2.05, 4.69) is 54.0 Å². The van der Waals surface area contributed by atoms with Crippen LogP contribution in [0.25, 0.3) is 0 Å². The van der Waals surface area contributed by atoms with Gasteiger partial charge in [-0.3, -0.25) is 0 Å². The summed E-state index contributed by atoms with van der Waals surface area (Å²) < 4.78 is 0. The molecular weight excluding hydrogens is 248 g/mol. The lowest BCUT2D eigenvalue weighted by molar-refractivity contribution is 0.288. The second-order valence-electron chi connectivity index (χ2n) is 5.44. The quantitative estimate of drug-likeness (QED) is 0.797. The van der Waals surface area contributed by atoms with Crippen molar-refractivity contribution < 1.29 is 5.11 Å². The van der Waals surface area contributed by atoms with E-state index in [1.54, 1.807) is 0 Å². The highest BCUT2D eigenvalue weighted by molar-refractivity contribution is 5.76. The van der Waals surface area contributed by atoms with Crippen molar-refractivity contribution in [1.82, 2.24) is 0 Å². The maximum absolute atomic E-state index is 8.88. The predicted molar refractivity (Wildman–Crippen MR) is 82.9 cm³/mol. The summed E-state index contributed by atoms with van der Waals surface area (Å²) in [5.41, 5.74) is 4.49.